The predicted molar refractivity (Wildman–Crippen MR) is 118 cm³/mol. The maximum Gasteiger partial charge on any atom is 0.270 e. The van der Waals surface area contributed by atoms with Gasteiger partial charge in [0.15, 0.2) is 0 Å². The molecule has 0 spiro atoms. The molecule has 30 heavy (non-hydrogen) atoms. The third-order valence-electron chi connectivity index (χ3n) is 5.26. The summed E-state index contributed by atoms with van der Waals surface area (Å²) in [5.74, 6) is 1.41. The third-order valence-corrected chi connectivity index (χ3v) is 5.26. The number of hydrogen-bond acceptors (Lipinski definition) is 5. The van der Waals surface area contributed by atoms with Gasteiger partial charge in [0.25, 0.3) is 5.91 Å². The summed E-state index contributed by atoms with van der Waals surface area (Å²) in [7, 11) is 1.63. The van der Waals surface area contributed by atoms with Gasteiger partial charge in [-0.2, -0.15) is 0 Å². The normalized spacial score (nSPS) is 16.2. The van der Waals surface area contributed by atoms with Gasteiger partial charge in [0.05, 0.1) is 7.11 Å². The van der Waals surface area contributed by atoms with Gasteiger partial charge < -0.3 is 20.3 Å². The minimum absolute atomic E-state index is 0.186. The summed E-state index contributed by atoms with van der Waals surface area (Å²) >= 11 is 0. The second-order valence-corrected chi connectivity index (χ2v) is 7.28. The fourth-order valence-corrected chi connectivity index (χ4v) is 3.65. The first-order valence-corrected chi connectivity index (χ1v) is 10.1. The van der Waals surface area contributed by atoms with E-state index in [-0.39, 0.29) is 11.9 Å². The van der Waals surface area contributed by atoms with E-state index >= 15 is 0 Å². The number of amides is 1. The smallest absolute Gasteiger partial charge is 0.270 e. The largest absolute Gasteiger partial charge is 0.497 e. The lowest BCUT2D eigenvalue weighted by molar-refractivity contribution is 0.0946. The molecule has 6 heteroatoms. The Morgan fingerprint density at radius 3 is 2.80 bits per heavy atom. The Kier molecular flexibility index (Phi) is 6.25. The molecule has 0 radical (unpaired) electrons. The molecule has 0 bridgehead atoms. The van der Waals surface area contributed by atoms with Crippen LogP contribution in [0.5, 0.6) is 5.75 Å². The molecule has 1 aliphatic rings. The number of ether oxygens (including phenoxy) is 1. The van der Waals surface area contributed by atoms with Crippen LogP contribution in [0.2, 0.25) is 0 Å². The van der Waals surface area contributed by atoms with Gasteiger partial charge in [-0.15, -0.1) is 0 Å². The van der Waals surface area contributed by atoms with E-state index in [1.54, 1.807) is 13.2 Å². The van der Waals surface area contributed by atoms with Crippen molar-refractivity contribution in [2.75, 3.05) is 31.6 Å². The molecule has 4 rings (SSSR count). The van der Waals surface area contributed by atoms with E-state index in [1.807, 2.05) is 42.5 Å². The minimum Gasteiger partial charge on any atom is -0.497 e. The molecule has 1 atom stereocenters. The Hall–Kier alpha value is -3.38. The number of methoxy groups -OCH3 is 1. The molecule has 6 nitrogen and oxygen atoms in total. The Morgan fingerprint density at radius 2 is 1.97 bits per heavy atom. The summed E-state index contributed by atoms with van der Waals surface area (Å²) in [6, 6.07) is 23.9. The number of benzene rings is 2. The summed E-state index contributed by atoms with van der Waals surface area (Å²) in [5, 5.41) is 6.50. The topological polar surface area (TPSA) is 66.5 Å². The van der Waals surface area contributed by atoms with Gasteiger partial charge in [-0.25, -0.2) is 4.98 Å². The van der Waals surface area contributed by atoms with Crippen LogP contribution < -0.4 is 20.3 Å². The predicted octanol–water partition coefficient (Wildman–Crippen LogP) is 3.17. The second-order valence-electron chi connectivity index (χ2n) is 7.28. The van der Waals surface area contributed by atoms with Crippen molar-refractivity contribution >= 4 is 11.7 Å². The number of rotatable bonds is 6. The van der Waals surface area contributed by atoms with Gasteiger partial charge in [0.1, 0.15) is 17.3 Å². The van der Waals surface area contributed by atoms with Crippen LogP contribution in [0.4, 0.5) is 5.82 Å². The average Bonchev–Trinajstić information content (AvgIpc) is 2.83. The summed E-state index contributed by atoms with van der Waals surface area (Å²) < 4.78 is 5.23. The van der Waals surface area contributed by atoms with Crippen LogP contribution in [0.15, 0.2) is 72.8 Å². The Labute approximate surface area is 176 Å². The lowest BCUT2D eigenvalue weighted by Gasteiger charge is -2.35. The molecule has 1 saturated heterocycles. The number of piperazine rings is 1. The molecule has 1 aromatic heterocycles. The highest BCUT2D eigenvalue weighted by Crippen LogP contribution is 2.21. The highest BCUT2D eigenvalue weighted by atomic mass is 16.5. The summed E-state index contributed by atoms with van der Waals surface area (Å²) in [6.45, 7) is 2.95. The third kappa shape index (κ3) is 4.78. The summed E-state index contributed by atoms with van der Waals surface area (Å²) in [6.07, 6.45) is 0. The van der Waals surface area contributed by atoms with E-state index in [1.165, 1.54) is 5.56 Å². The van der Waals surface area contributed by atoms with Gasteiger partial charge in [-0.1, -0.05) is 48.5 Å². The summed E-state index contributed by atoms with van der Waals surface area (Å²) in [4.78, 5) is 19.5. The SMILES string of the molecule is COc1cccc(CNC(=O)c2cccc(N3CCN[C@H](c4ccccc4)C3)n2)c1. The molecule has 154 valence electrons. The number of pyridine rings is 1. The van der Waals surface area contributed by atoms with E-state index in [2.05, 4.69) is 44.8 Å². The first-order chi connectivity index (χ1) is 14.7. The lowest BCUT2D eigenvalue weighted by Crippen LogP contribution is -2.46. The molecule has 1 aliphatic heterocycles. The molecule has 0 unspecified atom stereocenters. The number of hydrogen-bond donors (Lipinski definition) is 2. The maximum absolute atomic E-state index is 12.7. The highest BCUT2D eigenvalue weighted by Gasteiger charge is 2.22. The van der Waals surface area contributed by atoms with Gasteiger partial charge in [-0.3, -0.25) is 4.79 Å². The molecule has 1 amide bonds. The molecular weight excluding hydrogens is 376 g/mol. The first-order valence-electron chi connectivity index (χ1n) is 10.1. The van der Waals surface area contributed by atoms with E-state index in [0.29, 0.717) is 12.2 Å². The number of nitrogens with one attached hydrogen (secondary N) is 2. The zero-order chi connectivity index (χ0) is 20.8. The van der Waals surface area contributed by atoms with Crippen LogP contribution in [0, 0.1) is 0 Å². The van der Waals surface area contributed by atoms with E-state index in [4.69, 9.17) is 4.74 Å². The van der Waals surface area contributed by atoms with Gasteiger partial charge in [0.2, 0.25) is 0 Å². The molecule has 0 saturated carbocycles. The Morgan fingerprint density at radius 1 is 1.13 bits per heavy atom. The lowest BCUT2D eigenvalue weighted by atomic mass is 10.0. The average molecular weight is 402 g/mol. The van der Waals surface area contributed by atoms with Crippen LogP contribution >= 0.6 is 0 Å². The monoisotopic (exact) mass is 402 g/mol. The van der Waals surface area contributed by atoms with Crippen LogP contribution in [0.25, 0.3) is 0 Å². The minimum atomic E-state index is -0.186. The first kappa shape index (κ1) is 19.9. The van der Waals surface area contributed by atoms with Crippen LogP contribution in [0.3, 0.4) is 0 Å². The number of carbonyl (C=O) groups is 1. The van der Waals surface area contributed by atoms with E-state index in [9.17, 15) is 4.79 Å². The van der Waals surface area contributed by atoms with Crippen molar-refractivity contribution in [3.63, 3.8) is 0 Å². The van der Waals surface area contributed by atoms with E-state index < -0.39 is 0 Å². The van der Waals surface area contributed by atoms with E-state index in [0.717, 1.165) is 36.8 Å². The van der Waals surface area contributed by atoms with Gasteiger partial charge >= 0.3 is 0 Å². The van der Waals surface area contributed by atoms with Crippen molar-refractivity contribution in [2.24, 2.45) is 0 Å². The molecule has 2 aromatic carbocycles. The molecule has 2 N–H and O–H groups in total. The Bertz CT molecular complexity index is 993. The highest BCUT2D eigenvalue weighted by molar-refractivity contribution is 5.92. The fraction of sp³-hybridized carbons (Fsp3) is 0.250. The van der Waals surface area contributed by atoms with Crippen molar-refractivity contribution in [1.29, 1.82) is 0 Å². The Balaban J connectivity index is 1.42. The number of carbonyl (C=O) groups excluding carboxylic acids is 1. The standard InChI is InChI=1S/C24H26N4O2/c1-30-20-10-5-7-18(15-20)16-26-24(29)21-11-6-12-23(27-21)28-14-13-25-22(17-28)19-8-3-2-4-9-19/h2-12,15,22,25H,13-14,16-17H2,1H3,(H,26,29)/t22-/m0/s1. The summed E-state index contributed by atoms with van der Waals surface area (Å²) in [5.41, 5.74) is 2.66. The molecule has 2 heterocycles. The second kappa shape index (κ2) is 9.41. The molecule has 1 fully saturated rings. The quantitative estimate of drug-likeness (QED) is 0.663. The molecule has 0 aliphatic carbocycles. The van der Waals surface area contributed by atoms with Crippen LogP contribution in [-0.4, -0.2) is 37.6 Å². The molecule has 3 aromatic rings. The van der Waals surface area contributed by atoms with Gasteiger partial charge in [-0.05, 0) is 35.4 Å². The maximum atomic E-state index is 12.7. The van der Waals surface area contributed by atoms with Crippen LogP contribution in [0.1, 0.15) is 27.7 Å². The van der Waals surface area contributed by atoms with Crippen molar-refractivity contribution in [3.05, 3.63) is 89.6 Å². The van der Waals surface area contributed by atoms with Crippen molar-refractivity contribution < 1.29 is 9.53 Å². The fourth-order valence-electron chi connectivity index (χ4n) is 3.65. The van der Waals surface area contributed by atoms with Crippen LogP contribution in [-0.2, 0) is 6.54 Å². The number of anilines is 1. The van der Waals surface area contributed by atoms with Crippen molar-refractivity contribution in [1.82, 2.24) is 15.6 Å². The van der Waals surface area contributed by atoms with Gasteiger partial charge in [0, 0.05) is 32.2 Å². The zero-order valence-electron chi connectivity index (χ0n) is 17.0. The zero-order valence-corrected chi connectivity index (χ0v) is 17.0. The van der Waals surface area contributed by atoms with Crippen molar-refractivity contribution in [3.8, 4) is 5.75 Å². The number of nitrogens with zero attached hydrogens (tertiary/aromatic N) is 2. The molecular formula is C24H26N4O2. The van der Waals surface area contributed by atoms with Crippen molar-refractivity contribution in [2.45, 2.75) is 12.6 Å². The number of aromatic nitrogens is 1.